The number of rotatable bonds is 10. The molecule has 0 unspecified atom stereocenters. The molecule has 1 aromatic heterocycles. The lowest BCUT2D eigenvalue weighted by Gasteiger charge is -2.12. The van der Waals surface area contributed by atoms with Crippen molar-refractivity contribution < 1.29 is 19.0 Å². The number of fused-ring (bicyclic) bond motifs is 1. The third-order valence-electron chi connectivity index (χ3n) is 5.95. The summed E-state index contributed by atoms with van der Waals surface area (Å²) >= 11 is 6.43. The highest BCUT2D eigenvalue weighted by atomic mass is 35.5. The fraction of sp³-hybridized carbons (Fsp3) is 0.100. The van der Waals surface area contributed by atoms with E-state index in [0.717, 1.165) is 5.56 Å². The number of aliphatic hydroxyl groups excluding tert-OH is 1. The number of carbonyl (C=O) groups excluding carboxylic acids is 1. The Bertz CT molecular complexity index is 1650. The average molecular weight is 558 g/mol. The molecule has 0 radical (unpaired) electrons. The first-order valence-corrected chi connectivity index (χ1v) is 12.8. The molecule has 1 heterocycles. The molecule has 202 valence electrons. The van der Waals surface area contributed by atoms with E-state index in [1.165, 1.54) is 18.5 Å². The number of aliphatic hydroxyl groups is 1. The molecule has 0 fully saturated rings. The van der Waals surface area contributed by atoms with E-state index >= 15 is 0 Å². The Morgan fingerprint density at radius 3 is 2.55 bits per heavy atom. The number of nitrogens with zero attached hydrogens (tertiary/aromatic N) is 2. The molecule has 0 saturated carbocycles. The van der Waals surface area contributed by atoms with Crippen LogP contribution < -0.4 is 20.7 Å². The first kappa shape index (κ1) is 27.0. The highest BCUT2D eigenvalue weighted by Gasteiger charge is 2.11. The number of anilines is 3. The van der Waals surface area contributed by atoms with Crippen LogP contribution in [0.25, 0.3) is 10.9 Å². The van der Waals surface area contributed by atoms with Crippen molar-refractivity contribution in [2.75, 3.05) is 23.8 Å². The second-order valence-corrected chi connectivity index (χ2v) is 9.24. The number of nitrogens with one attached hydrogen (secondary N) is 3. The Labute approximate surface area is 234 Å². The van der Waals surface area contributed by atoms with Gasteiger partial charge in [-0.05, 0) is 66.2 Å². The quantitative estimate of drug-likeness (QED) is 0.149. The van der Waals surface area contributed by atoms with E-state index < -0.39 is 5.82 Å². The molecule has 0 spiro atoms. The van der Waals surface area contributed by atoms with Gasteiger partial charge in [-0.25, -0.2) is 14.4 Å². The number of hydrogen-bond acceptors (Lipinski definition) is 7. The van der Waals surface area contributed by atoms with Crippen LogP contribution in [0.1, 0.15) is 15.9 Å². The molecule has 4 aromatic carbocycles. The molecule has 0 aliphatic heterocycles. The maximum Gasteiger partial charge on any atom is 0.255 e. The summed E-state index contributed by atoms with van der Waals surface area (Å²) in [7, 11) is 0. The summed E-state index contributed by atoms with van der Waals surface area (Å²) in [6, 6.07) is 23.6. The number of benzene rings is 4. The van der Waals surface area contributed by atoms with Gasteiger partial charge in [0.25, 0.3) is 5.91 Å². The molecule has 0 atom stereocenters. The van der Waals surface area contributed by atoms with Gasteiger partial charge in [-0.15, -0.1) is 0 Å². The first-order valence-electron chi connectivity index (χ1n) is 12.4. The van der Waals surface area contributed by atoms with Crippen LogP contribution in [0.4, 0.5) is 21.6 Å². The van der Waals surface area contributed by atoms with E-state index in [9.17, 15) is 9.18 Å². The molecule has 4 N–H and O–H groups in total. The third kappa shape index (κ3) is 6.70. The van der Waals surface area contributed by atoms with Crippen LogP contribution in [0.2, 0.25) is 5.02 Å². The van der Waals surface area contributed by atoms with Crippen molar-refractivity contribution >= 4 is 45.6 Å². The number of amides is 1. The van der Waals surface area contributed by atoms with Gasteiger partial charge in [-0.3, -0.25) is 4.79 Å². The zero-order valence-corrected chi connectivity index (χ0v) is 22.0. The number of hydrogen-bond donors (Lipinski definition) is 4. The average Bonchev–Trinajstić information content (AvgIpc) is 2.95. The second-order valence-electron chi connectivity index (χ2n) is 8.84. The normalized spacial score (nSPS) is 10.9. The van der Waals surface area contributed by atoms with E-state index in [4.69, 9.17) is 21.4 Å². The van der Waals surface area contributed by atoms with E-state index in [-0.39, 0.29) is 12.5 Å². The van der Waals surface area contributed by atoms with Crippen LogP contribution >= 0.6 is 11.6 Å². The Morgan fingerprint density at radius 2 is 1.77 bits per heavy atom. The van der Waals surface area contributed by atoms with Gasteiger partial charge in [-0.1, -0.05) is 29.8 Å². The van der Waals surface area contributed by atoms with Crippen LogP contribution in [0, 0.1) is 5.82 Å². The zero-order chi connectivity index (χ0) is 27.9. The summed E-state index contributed by atoms with van der Waals surface area (Å²) in [5.74, 6) is 0.589. The van der Waals surface area contributed by atoms with Gasteiger partial charge in [0.15, 0.2) is 0 Å². The summed E-state index contributed by atoms with van der Waals surface area (Å²) < 4.78 is 19.2. The largest absolute Gasteiger partial charge is 0.456 e. The molecule has 0 saturated heterocycles. The van der Waals surface area contributed by atoms with Gasteiger partial charge >= 0.3 is 0 Å². The van der Waals surface area contributed by atoms with Crippen LogP contribution in [0.5, 0.6) is 11.5 Å². The van der Waals surface area contributed by atoms with Gasteiger partial charge < -0.3 is 25.8 Å². The Balaban J connectivity index is 1.30. The maximum absolute atomic E-state index is 13.5. The van der Waals surface area contributed by atoms with Crippen molar-refractivity contribution in [1.29, 1.82) is 0 Å². The lowest BCUT2D eigenvalue weighted by atomic mass is 10.1. The van der Waals surface area contributed by atoms with Crippen molar-refractivity contribution in [3.63, 3.8) is 0 Å². The fourth-order valence-corrected chi connectivity index (χ4v) is 4.20. The summed E-state index contributed by atoms with van der Waals surface area (Å²) in [5.41, 5.74) is 3.45. The molecule has 5 rings (SSSR count). The maximum atomic E-state index is 13.5. The molecule has 0 aliphatic carbocycles. The van der Waals surface area contributed by atoms with E-state index in [2.05, 4.69) is 25.9 Å². The molecule has 8 nitrogen and oxygen atoms in total. The van der Waals surface area contributed by atoms with Crippen molar-refractivity contribution in [3.05, 3.63) is 113 Å². The van der Waals surface area contributed by atoms with Crippen molar-refractivity contribution in [2.45, 2.75) is 6.54 Å². The van der Waals surface area contributed by atoms with Crippen LogP contribution in [0.15, 0.2) is 91.3 Å². The van der Waals surface area contributed by atoms with Crippen molar-refractivity contribution in [2.24, 2.45) is 0 Å². The minimum absolute atomic E-state index is 0.0710. The lowest BCUT2D eigenvalue weighted by molar-refractivity contribution is 0.102. The SMILES string of the molecule is O=C(Nc1ccc2ncnc(Nc3ccc(Oc4cccc(F)c4)c(Cl)c3)c2c1)c1ccc(CNCCO)cc1. The third-order valence-corrected chi connectivity index (χ3v) is 6.24. The number of aromatic nitrogens is 2. The van der Waals surface area contributed by atoms with Gasteiger partial charge in [0.2, 0.25) is 0 Å². The molecule has 5 aromatic rings. The van der Waals surface area contributed by atoms with Crippen LogP contribution in [-0.4, -0.2) is 34.1 Å². The van der Waals surface area contributed by atoms with E-state index in [1.807, 2.05) is 12.1 Å². The number of carbonyl (C=O) groups is 1. The second kappa shape index (κ2) is 12.5. The fourth-order valence-electron chi connectivity index (χ4n) is 3.98. The van der Waals surface area contributed by atoms with Gasteiger partial charge in [0, 0.05) is 41.5 Å². The molecule has 10 heteroatoms. The summed E-state index contributed by atoms with van der Waals surface area (Å²) in [4.78, 5) is 21.6. The molecular weight excluding hydrogens is 533 g/mol. The molecule has 0 bridgehead atoms. The zero-order valence-electron chi connectivity index (χ0n) is 21.2. The Kier molecular flexibility index (Phi) is 8.46. The minimum Gasteiger partial charge on any atom is -0.456 e. The van der Waals surface area contributed by atoms with E-state index in [1.54, 1.807) is 60.7 Å². The molecule has 1 amide bonds. The minimum atomic E-state index is -0.404. The lowest BCUT2D eigenvalue weighted by Crippen LogP contribution is -2.17. The van der Waals surface area contributed by atoms with Gasteiger partial charge in [-0.2, -0.15) is 0 Å². The standard InChI is InChI=1S/C30H25ClFN5O3/c31-26-16-23(9-11-28(26)40-24-3-1-2-21(32)14-24)36-29-25-15-22(8-10-27(25)34-18-35-29)37-30(39)20-6-4-19(5-7-20)17-33-12-13-38/h1-11,14-16,18,33,38H,12-13,17H2,(H,37,39)(H,34,35,36). The van der Waals surface area contributed by atoms with Gasteiger partial charge in [0.1, 0.15) is 29.5 Å². The first-order chi connectivity index (χ1) is 19.5. The molecule has 40 heavy (non-hydrogen) atoms. The highest BCUT2D eigenvalue weighted by Crippen LogP contribution is 2.34. The predicted octanol–water partition coefficient (Wildman–Crippen LogP) is 6.29. The van der Waals surface area contributed by atoms with E-state index in [0.29, 0.717) is 63.3 Å². The van der Waals surface area contributed by atoms with Crippen LogP contribution in [-0.2, 0) is 6.54 Å². The molecular formula is C30H25ClFN5O3. The Morgan fingerprint density at radius 1 is 0.950 bits per heavy atom. The monoisotopic (exact) mass is 557 g/mol. The predicted molar refractivity (Wildman–Crippen MR) is 154 cm³/mol. The number of halogens is 2. The summed E-state index contributed by atoms with van der Waals surface area (Å²) in [6.45, 7) is 1.19. The highest BCUT2D eigenvalue weighted by molar-refractivity contribution is 6.32. The Hall–Kier alpha value is -4.57. The van der Waals surface area contributed by atoms with Crippen LogP contribution in [0.3, 0.4) is 0 Å². The summed E-state index contributed by atoms with van der Waals surface area (Å²) in [6.07, 6.45) is 1.45. The number of ether oxygens (including phenoxy) is 1. The smallest absolute Gasteiger partial charge is 0.255 e. The molecule has 0 aliphatic rings. The van der Waals surface area contributed by atoms with Crippen molar-refractivity contribution in [1.82, 2.24) is 15.3 Å². The topological polar surface area (TPSA) is 108 Å². The summed E-state index contributed by atoms with van der Waals surface area (Å²) in [5, 5.41) is 19.2. The van der Waals surface area contributed by atoms with Gasteiger partial charge in [0.05, 0.1) is 17.1 Å². The van der Waals surface area contributed by atoms with Crippen molar-refractivity contribution in [3.8, 4) is 11.5 Å².